The lowest BCUT2D eigenvalue weighted by Gasteiger charge is -2.35. The van der Waals surface area contributed by atoms with E-state index in [-0.39, 0.29) is 18.7 Å². The number of hydrogen-bond acceptors (Lipinski definition) is 3. The van der Waals surface area contributed by atoms with E-state index in [2.05, 4.69) is 13.8 Å². The molecule has 98 valence electrons. The third-order valence-corrected chi connectivity index (χ3v) is 3.27. The van der Waals surface area contributed by atoms with Gasteiger partial charge in [0.25, 0.3) is 0 Å². The van der Waals surface area contributed by atoms with Gasteiger partial charge in [-0.15, -0.1) is 0 Å². The van der Waals surface area contributed by atoms with E-state index in [0.717, 1.165) is 11.3 Å². The molecule has 1 unspecified atom stereocenters. The normalized spacial score (nSPS) is 20.1. The summed E-state index contributed by atoms with van der Waals surface area (Å²) < 4.78 is 5.09. The van der Waals surface area contributed by atoms with Crippen molar-refractivity contribution < 1.29 is 14.6 Å². The molecule has 1 saturated heterocycles. The van der Waals surface area contributed by atoms with Gasteiger partial charge >= 0.3 is 6.09 Å². The number of carbonyl (C=O) groups excluding carboxylic acids is 1. The van der Waals surface area contributed by atoms with Crippen LogP contribution in [0.2, 0.25) is 0 Å². The lowest BCUT2D eigenvalue weighted by molar-refractivity contribution is 0.115. The molecule has 1 fully saturated rings. The van der Waals surface area contributed by atoms with Crippen LogP contribution in [0.1, 0.15) is 31.7 Å². The number of benzene rings is 1. The second-order valence-corrected chi connectivity index (χ2v) is 4.82. The van der Waals surface area contributed by atoms with Gasteiger partial charge in [0.1, 0.15) is 0 Å². The molecule has 1 N–H and O–H groups in total. The molecular formula is C14H19NO3. The molecular weight excluding hydrogens is 230 g/mol. The highest BCUT2D eigenvalue weighted by atomic mass is 16.6. The zero-order valence-electron chi connectivity index (χ0n) is 10.8. The van der Waals surface area contributed by atoms with Crippen molar-refractivity contribution in [2.24, 2.45) is 0 Å². The molecule has 1 aromatic carbocycles. The Labute approximate surface area is 107 Å². The SMILES string of the molecule is CC(C)c1ccccc1N1C(=O)OCCC1CO. The van der Waals surface area contributed by atoms with Gasteiger partial charge in [0.15, 0.2) is 0 Å². The van der Waals surface area contributed by atoms with Gasteiger partial charge in [0.05, 0.1) is 24.9 Å². The molecule has 0 spiro atoms. The Morgan fingerprint density at radius 1 is 1.44 bits per heavy atom. The zero-order valence-corrected chi connectivity index (χ0v) is 10.8. The molecule has 4 heteroatoms. The third kappa shape index (κ3) is 2.34. The van der Waals surface area contributed by atoms with Crippen LogP contribution in [0.5, 0.6) is 0 Å². The monoisotopic (exact) mass is 249 g/mol. The lowest BCUT2D eigenvalue weighted by atomic mass is 9.99. The van der Waals surface area contributed by atoms with Crippen molar-refractivity contribution in [3.8, 4) is 0 Å². The number of aliphatic hydroxyl groups is 1. The summed E-state index contributed by atoms with van der Waals surface area (Å²) in [7, 11) is 0. The molecule has 1 atom stereocenters. The first kappa shape index (κ1) is 12.9. The number of cyclic esters (lactones) is 1. The Kier molecular flexibility index (Phi) is 3.87. The fraction of sp³-hybridized carbons (Fsp3) is 0.500. The van der Waals surface area contributed by atoms with Crippen LogP contribution in [0.4, 0.5) is 10.5 Å². The highest BCUT2D eigenvalue weighted by Gasteiger charge is 2.32. The van der Waals surface area contributed by atoms with Crippen molar-refractivity contribution in [2.75, 3.05) is 18.1 Å². The average molecular weight is 249 g/mol. The molecule has 2 rings (SSSR count). The van der Waals surface area contributed by atoms with Crippen molar-refractivity contribution >= 4 is 11.8 Å². The molecule has 1 aliphatic rings. The number of amides is 1. The number of para-hydroxylation sites is 1. The molecule has 0 saturated carbocycles. The highest BCUT2D eigenvalue weighted by molar-refractivity contribution is 5.90. The van der Waals surface area contributed by atoms with Gasteiger partial charge in [-0.1, -0.05) is 32.0 Å². The summed E-state index contributed by atoms with van der Waals surface area (Å²) in [5, 5.41) is 9.42. The first-order valence-electron chi connectivity index (χ1n) is 6.31. The van der Waals surface area contributed by atoms with Gasteiger partial charge in [-0.05, 0) is 17.5 Å². The molecule has 0 aliphatic carbocycles. The van der Waals surface area contributed by atoms with Crippen molar-refractivity contribution in [3.63, 3.8) is 0 Å². The number of ether oxygens (including phenoxy) is 1. The van der Waals surface area contributed by atoms with E-state index < -0.39 is 0 Å². The van der Waals surface area contributed by atoms with Crippen molar-refractivity contribution in [1.29, 1.82) is 0 Å². The van der Waals surface area contributed by atoms with Gasteiger partial charge in [-0.25, -0.2) is 4.79 Å². The Morgan fingerprint density at radius 2 is 2.17 bits per heavy atom. The summed E-state index contributed by atoms with van der Waals surface area (Å²) in [6.07, 6.45) is 0.294. The van der Waals surface area contributed by atoms with Crippen LogP contribution in [0.15, 0.2) is 24.3 Å². The van der Waals surface area contributed by atoms with Crippen molar-refractivity contribution in [3.05, 3.63) is 29.8 Å². The van der Waals surface area contributed by atoms with Gasteiger partial charge in [-0.3, -0.25) is 4.90 Å². The van der Waals surface area contributed by atoms with E-state index in [1.807, 2.05) is 24.3 Å². The van der Waals surface area contributed by atoms with Crippen LogP contribution >= 0.6 is 0 Å². The van der Waals surface area contributed by atoms with E-state index in [4.69, 9.17) is 4.74 Å². The predicted molar refractivity (Wildman–Crippen MR) is 69.8 cm³/mol. The second-order valence-electron chi connectivity index (χ2n) is 4.82. The highest BCUT2D eigenvalue weighted by Crippen LogP contribution is 2.31. The number of anilines is 1. The number of hydrogen-bond donors (Lipinski definition) is 1. The molecule has 0 radical (unpaired) electrons. The minimum Gasteiger partial charge on any atom is -0.449 e. The van der Waals surface area contributed by atoms with Crippen LogP contribution < -0.4 is 4.90 Å². The molecule has 0 aromatic heterocycles. The number of nitrogens with zero attached hydrogens (tertiary/aromatic N) is 1. The predicted octanol–water partition coefficient (Wildman–Crippen LogP) is 2.52. The van der Waals surface area contributed by atoms with Gasteiger partial charge in [-0.2, -0.15) is 0 Å². The molecule has 1 aliphatic heterocycles. The van der Waals surface area contributed by atoms with Gasteiger partial charge in [0.2, 0.25) is 0 Å². The Morgan fingerprint density at radius 3 is 2.83 bits per heavy atom. The summed E-state index contributed by atoms with van der Waals surface area (Å²) >= 11 is 0. The van der Waals surface area contributed by atoms with Crippen LogP contribution in [0.3, 0.4) is 0 Å². The number of rotatable bonds is 3. The topological polar surface area (TPSA) is 49.8 Å². The fourth-order valence-corrected chi connectivity index (χ4v) is 2.29. The smallest absolute Gasteiger partial charge is 0.414 e. The molecule has 0 bridgehead atoms. The molecule has 18 heavy (non-hydrogen) atoms. The quantitative estimate of drug-likeness (QED) is 0.895. The zero-order chi connectivity index (χ0) is 13.1. The van der Waals surface area contributed by atoms with Crippen LogP contribution in [0.25, 0.3) is 0 Å². The van der Waals surface area contributed by atoms with E-state index in [9.17, 15) is 9.90 Å². The Balaban J connectivity index is 2.41. The van der Waals surface area contributed by atoms with E-state index in [1.165, 1.54) is 0 Å². The fourth-order valence-electron chi connectivity index (χ4n) is 2.29. The summed E-state index contributed by atoms with van der Waals surface area (Å²) in [6, 6.07) is 7.59. The van der Waals surface area contributed by atoms with E-state index in [0.29, 0.717) is 18.9 Å². The maximum absolute atomic E-state index is 11.9. The summed E-state index contributed by atoms with van der Waals surface area (Å²) in [4.78, 5) is 13.5. The standard InChI is InChI=1S/C14H19NO3/c1-10(2)12-5-3-4-6-13(12)15-11(9-16)7-8-18-14(15)17/h3-6,10-11,16H,7-9H2,1-2H3. The minimum atomic E-state index is -0.367. The van der Waals surface area contributed by atoms with Crippen LogP contribution in [-0.2, 0) is 4.74 Å². The molecule has 1 amide bonds. The maximum Gasteiger partial charge on any atom is 0.414 e. The van der Waals surface area contributed by atoms with Crippen molar-refractivity contribution in [1.82, 2.24) is 0 Å². The third-order valence-electron chi connectivity index (χ3n) is 3.27. The lowest BCUT2D eigenvalue weighted by Crippen LogP contribution is -2.48. The number of carbonyl (C=O) groups is 1. The minimum absolute atomic E-state index is 0.0401. The summed E-state index contributed by atoms with van der Waals surface area (Å²) in [5.41, 5.74) is 1.94. The Bertz CT molecular complexity index is 431. The van der Waals surface area contributed by atoms with Gasteiger partial charge < -0.3 is 9.84 Å². The molecule has 1 aromatic rings. The van der Waals surface area contributed by atoms with E-state index >= 15 is 0 Å². The largest absolute Gasteiger partial charge is 0.449 e. The second kappa shape index (κ2) is 5.40. The Hall–Kier alpha value is -1.55. The molecule has 1 heterocycles. The van der Waals surface area contributed by atoms with Crippen LogP contribution in [0, 0.1) is 0 Å². The first-order valence-corrected chi connectivity index (χ1v) is 6.31. The summed E-state index contributed by atoms with van der Waals surface area (Å²) in [5.74, 6) is 0.315. The molecule has 4 nitrogen and oxygen atoms in total. The maximum atomic E-state index is 11.9. The van der Waals surface area contributed by atoms with E-state index in [1.54, 1.807) is 4.90 Å². The summed E-state index contributed by atoms with van der Waals surface area (Å²) in [6.45, 7) is 4.51. The average Bonchev–Trinajstić information content (AvgIpc) is 2.38. The van der Waals surface area contributed by atoms with Gasteiger partial charge in [0, 0.05) is 6.42 Å². The van der Waals surface area contributed by atoms with Crippen molar-refractivity contribution in [2.45, 2.75) is 32.2 Å². The van der Waals surface area contributed by atoms with Crippen LogP contribution in [-0.4, -0.2) is 30.5 Å². The first-order chi connectivity index (χ1) is 8.65. The number of aliphatic hydroxyl groups excluding tert-OH is 1.